The molecule has 16 heavy (non-hydrogen) atoms. The van der Waals surface area contributed by atoms with E-state index in [1.165, 1.54) is 32.1 Å². The highest BCUT2D eigenvalue weighted by molar-refractivity contribution is 5.11. The van der Waals surface area contributed by atoms with Crippen LogP contribution in [0.4, 0.5) is 0 Å². The van der Waals surface area contributed by atoms with Crippen LogP contribution in [0.5, 0.6) is 0 Å². The van der Waals surface area contributed by atoms with E-state index in [9.17, 15) is 0 Å². The number of allylic oxidation sites excluding steroid dienone is 6. The van der Waals surface area contributed by atoms with Crippen LogP contribution in [0, 0.1) is 5.92 Å². The lowest BCUT2D eigenvalue weighted by molar-refractivity contribution is 0.289. The topological polar surface area (TPSA) is 20.2 Å². The van der Waals surface area contributed by atoms with Gasteiger partial charge in [-0.2, -0.15) is 0 Å². The molecule has 1 fully saturated rings. The third-order valence-corrected chi connectivity index (χ3v) is 3.03. The molecule has 0 aliphatic heterocycles. The standard InChI is InChI=1S/C15H24O/c16-14-10-5-3-1-2-4-7-11-15-12-8-6-9-13-15/h1-4,7,11,15-16H,5-6,8-10,12-14H2/b3-1+,4-2-,11-7+. The molecule has 1 N–H and O–H groups in total. The van der Waals surface area contributed by atoms with E-state index in [2.05, 4.69) is 36.5 Å². The third-order valence-electron chi connectivity index (χ3n) is 3.03. The van der Waals surface area contributed by atoms with Crippen molar-refractivity contribution in [3.63, 3.8) is 0 Å². The Labute approximate surface area is 99.6 Å². The monoisotopic (exact) mass is 220 g/mol. The van der Waals surface area contributed by atoms with Crippen molar-refractivity contribution in [2.24, 2.45) is 5.92 Å². The van der Waals surface area contributed by atoms with Gasteiger partial charge >= 0.3 is 0 Å². The molecule has 0 aromatic carbocycles. The van der Waals surface area contributed by atoms with Crippen LogP contribution in [0.3, 0.4) is 0 Å². The van der Waals surface area contributed by atoms with Crippen molar-refractivity contribution < 1.29 is 5.11 Å². The van der Waals surface area contributed by atoms with Crippen molar-refractivity contribution in [1.82, 2.24) is 0 Å². The lowest BCUT2D eigenvalue weighted by Crippen LogP contribution is -2.02. The van der Waals surface area contributed by atoms with Gasteiger partial charge in [-0.1, -0.05) is 55.7 Å². The molecule has 1 rings (SSSR count). The van der Waals surface area contributed by atoms with Crippen molar-refractivity contribution in [2.75, 3.05) is 6.61 Å². The van der Waals surface area contributed by atoms with E-state index < -0.39 is 0 Å². The average Bonchev–Trinajstić information content (AvgIpc) is 2.34. The highest BCUT2D eigenvalue weighted by Gasteiger charge is 2.08. The Bertz CT molecular complexity index is 232. The number of hydrogen-bond donors (Lipinski definition) is 1. The normalized spacial score (nSPS) is 19.3. The van der Waals surface area contributed by atoms with E-state index in [0.717, 1.165) is 18.8 Å². The molecule has 0 unspecified atom stereocenters. The van der Waals surface area contributed by atoms with Gasteiger partial charge in [0.1, 0.15) is 0 Å². The van der Waals surface area contributed by atoms with E-state index >= 15 is 0 Å². The second-order valence-electron chi connectivity index (χ2n) is 4.46. The molecule has 0 spiro atoms. The number of unbranched alkanes of at least 4 members (excludes halogenated alkanes) is 1. The van der Waals surface area contributed by atoms with Gasteiger partial charge in [-0.15, -0.1) is 0 Å². The van der Waals surface area contributed by atoms with Gasteiger partial charge in [-0.3, -0.25) is 0 Å². The van der Waals surface area contributed by atoms with Crippen molar-refractivity contribution in [3.8, 4) is 0 Å². The maximum atomic E-state index is 8.59. The summed E-state index contributed by atoms with van der Waals surface area (Å²) in [5.74, 6) is 0.816. The molecule has 0 aromatic rings. The predicted octanol–water partition coefficient (Wildman–Crippen LogP) is 4.01. The first-order chi connectivity index (χ1) is 7.93. The fraction of sp³-hybridized carbons (Fsp3) is 0.600. The highest BCUT2D eigenvalue weighted by atomic mass is 16.2. The second-order valence-corrected chi connectivity index (χ2v) is 4.46. The van der Waals surface area contributed by atoms with Crippen LogP contribution in [0.15, 0.2) is 36.5 Å². The van der Waals surface area contributed by atoms with Crippen LogP contribution in [0.1, 0.15) is 44.9 Å². The lowest BCUT2D eigenvalue weighted by Gasteiger charge is -2.17. The molecule has 0 saturated heterocycles. The zero-order valence-electron chi connectivity index (χ0n) is 10.1. The van der Waals surface area contributed by atoms with Crippen LogP contribution >= 0.6 is 0 Å². The van der Waals surface area contributed by atoms with Gasteiger partial charge in [-0.05, 0) is 31.6 Å². The summed E-state index contributed by atoms with van der Waals surface area (Å²) >= 11 is 0. The van der Waals surface area contributed by atoms with Gasteiger partial charge in [0.2, 0.25) is 0 Å². The van der Waals surface area contributed by atoms with Gasteiger partial charge in [0.25, 0.3) is 0 Å². The minimum atomic E-state index is 0.287. The quantitative estimate of drug-likeness (QED) is 0.529. The minimum absolute atomic E-state index is 0.287. The van der Waals surface area contributed by atoms with Crippen LogP contribution in [-0.2, 0) is 0 Å². The summed E-state index contributed by atoms with van der Waals surface area (Å²) in [6.45, 7) is 0.287. The van der Waals surface area contributed by atoms with Crippen molar-refractivity contribution in [2.45, 2.75) is 44.9 Å². The molecule has 0 bridgehead atoms. The summed E-state index contributed by atoms with van der Waals surface area (Å²) in [6, 6.07) is 0. The molecule has 1 nitrogen and oxygen atoms in total. The Kier molecular flexibility index (Phi) is 7.79. The summed E-state index contributed by atoms with van der Waals surface area (Å²) in [6.07, 6.45) is 21.6. The van der Waals surface area contributed by atoms with Gasteiger partial charge < -0.3 is 5.11 Å². The molecule has 1 aliphatic carbocycles. The van der Waals surface area contributed by atoms with Crippen LogP contribution in [-0.4, -0.2) is 11.7 Å². The van der Waals surface area contributed by atoms with E-state index in [1.807, 2.05) is 0 Å². The molecule has 0 amide bonds. The van der Waals surface area contributed by atoms with E-state index in [1.54, 1.807) is 0 Å². The van der Waals surface area contributed by atoms with E-state index in [0.29, 0.717) is 0 Å². The number of aliphatic hydroxyl groups is 1. The first kappa shape index (κ1) is 13.2. The van der Waals surface area contributed by atoms with Gasteiger partial charge in [0.15, 0.2) is 0 Å². The zero-order valence-corrected chi connectivity index (χ0v) is 10.1. The Balaban J connectivity index is 2.09. The summed E-state index contributed by atoms with van der Waals surface area (Å²) < 4.78 is 0. The fourth-order valence-corrected chi connectivity index (χ4v) is 2.06. The second kappa shape index (κ2) is 9.41. The fourth-order valence-electron chi connectivity index (χ4n) is 2.06. The first-order valence-electron chi connectivity index (χ1n) is 6.54. The maximum Gasteiger partial charge on any atom is 0.0433 e. The number of aliphatic hydroxyl groups excluding tert-OH is 1. The first-order valence-corrected chi connectivity index (χ1v) is 6.54. The Hall–Kier alpha value is -0.820. The molecule has 0 aromatic heterocycles. The summed E-state index contributed by atoms with van der Waals surface area (Å²) in [5.41, 5.74) is 0. The smallest absolute Gasteiger partial charge is 0.0433 e. The summed E-state index contributed by atoms with van der Waals surface area (Å²) in [4.78, 5) is 0. The van der Waals surface area contributed by atoms with Crippen LogP contribution in [0.25, 0.3) is 0 Å². The van der Waals surface area contributed by atoms with Crippen molar-refractivity contribution in [3.05, 3.63) is 36.5 Å². The lowest BCUT2D eigenvalue weighted by atomic mass is 9.89. The Morgan fingerprint density at radius 1 is 0.938 bits per heavy atom. The molecule has 90 valence electrons. The van der Waals surface area contributed by atoms with Gasteiger partial charge in [0.05, 0.1) is 0 Å². The molecule has 0 heterocycles. The molecular weight excluding hydrogens is 196 g/mol. The molecule has 0 atom stereocenters. The molecule has 1 saturated carbocycles. The van der Waals surface area contributed by atoms with Crippen molar-refractivity contribution >= 4 is 0 Å². The van der Waals surface area contributed by atoms with E-state index in [-0.39, 0.29) is 6.61 Å². The largest absolute Gasteiger partial charge is 0.396 e. The zero-order chi connectivity index (χ0) is 11.5. The molecule has 1 heteroatoms. The highest BCUT2D eigenvalue weighted by Crippen LogP contribution is 2.24. The third kappa shape index (κ3) is 6.62. The molecular formula is C15H24O. The SMILES string of the molecule is OCCC/C=C/C=C\C=C\C1CCCCC1. The Morgan fingerprint density at radius 2 is 1.69 bits per heavy atom. The average molecular weight is 220 g/mol. The van der Waals surface area contributed by atoms with E-state index in [4.69, 9.17) is 5.11 Å². The Morgan fingerprint density at radius 3 is 2.44 bits per heavy atom. The predicted molar refractivity (Wildman–Crippen MR) is 70.3 cm³/mol. The number of hydrogen-bond acceptors (Lipinski definition) is 1. The van der Waals surface area contributed by atoms with Crippen molar-refractivity contribution in [1.29, 1.82) is 0 Å². The number of rotatable bonds is 6. The molecule has 0 radical (unpaired) electrons. The van der Waals surface area contributed by atoms with Gasteiger partial charge in [0, 0.05) is 6.61 Å². The molecule has 1 aliphatic rings. The van der Waals surface area contributed by atoms with Gasteiger partial charge in [-0.25, -0.2) is 0 Å². The maximum absolute atomic E-state index is 8.59. The van der Waals surface area contributed by atoms with Crippen LogP contribution in [0.2, 0.25) is 0 Å². The minimum Gasteiger partial charge on any atom is -0.396 e. The summed E-state index contributed by atoms with van der Waals surface area (Å²) in [7, 11) is 0. The summed E-state index contributed by atoms with van der Waals surface area (Å²) in [5, 5.41) is 8.59. The van der Waals surface area contributed by atoms with Crippen LogP contribution < -0.4 is 0 Å².